The van der Waals surface area contributed by atoms with Gasteiger partial charge in [0.15, 0.2) is 0 Å². The van der Waals surface area contributed by atoms with E-state index < -0.39 is 10.0 Å². The molecule has 8 nitrogen and oxygen atoms in total. The highest BCUT2D eigenvalue weighted by Crippen LogP contribution is 2.32. The monoisotopic (exact) mass is 498 g/mol. The average Bonchev–Trinajstić information content (AvgIpc) is 2.90. The van der Waals surface area contributed by atoms with Crippen LogP contribution in [0.1, 0.15) is 55.3 Å². The zero-order chi connectivity index (χ0) is 24.7. The summed E-state index contributed by atoms with van der Waals surface area (Å²) in [4.78, 5) is 27.4. The van der Waals surface area contributed by atoms with Crippen molar-refractivity contribution in [3.8, 4) is 0 Å². The van der Waals surface area contributed by atoms with E-state index in [-0.39, 0.29) is 29.7 Å². The molecule has 9 heteroatoms. The Kier molecular flexibility index (Phi) is 8.41. The van der Waals surface area contributed by atoms with Gasteiger partial charge in [-0.1, -0.05) is 24.6 Å². The summed E-state index contributed by atoms with van der Waals surface area (Å²) in [5, 5.41) is 5.68. The van der Waals surface area contributed by atoms with E-state index in [2.05, 4.69) is 15.5 Å². The van der Waals surface area contributed by atoms with Crippen molar-refractivity contribution in [1.29, 1.82) is 0 Å². The molecule has 0 aromatic heterocycles. The Labute approximate surface area is 207 Å². The SMILES string of the molecule is O=C(CCNC(=O)c1ccccc1)Nc1cc(S(=O)(=O)N2CCCCC2)ccc1N1CCCCC1. The molecule has 2 amide bonds. The molecule has 2 saturated heterocycles. The van der Waals surface area contributed by atoms with Gasteiger partial charge in [-0.2, -0.15) is 4.31 Å². The van der Waals surface area contributed by atoms with E-state index in [1.54, 1.807) is 36.4 Å². The molecule has 0 spiro atoms. The third-order valence-electron chi connectivity index (χ3n) is 6.57. The van der Waals surface area contributed by atoms with Gasteiger partial charge in [-0.25, -0.2) is 8.42 Å². The second-order valence-corrected chi connectivity index (χ2v) is 11.0. The highest BCUT2D eigenvalue weighted by atomic mass is 32.2. The number of carbonyl (C=O) groups is 2. The number of anilines is 2. The van der Waals surface area contributed by atoms with Crippen LogP contribution in [0, 0.1) is 0 Å². The molecule has 4 rings (SSSR count). The van der Waals surface area contributed by atoms with Crippen LogP contribution in [0.2, 0.25) is 0 Å². The molecule has 2 aromatic rings. The van der Waals surface area contributed by atoms with Gasteiger partial charge >= 0.3 is 0 Å². The maximum atomic E-state index is 13.2. The summed E-state index contributed by atoms with van der Waals surface area (Å²) in [7, 11) is -3.62. The fraction of sp³-hybridized carbons (Fsp3) is 0.462. The summed E-state index contributed by atoms with van der Waals surface area (Å²) in [6, 6.07) is 13.9. The van der Waals surface area contributed by atoms with E-state index in [0.717, 1.165) is 50.9 Å². The molecule has 2 fully saturated rings. The lowest BCUT2D eigenvalue weighted by molar-refractivity contribution is -0.116. The Morgan fingerprint density at radius 2 is 1.49 bits per heavy atom. The first-order chi connectivity index (χ1) is 16.9. The number of piperidine rings is 2. The molecule has 0 aliphatic carbocycles. The first kappa shape index (κ1) is 25.2. The van der Waals surface area contributed by atoms with Gasteiger partial charge in [-0.3, -0.25) is 9.59 Å². The highest BCUT2D eigenvalue weighted by molar-refractivity contribution is 7.89. The van der Waals surface area contributed by atoms with Crippen LogP contribution < -0.4 is 15.5 Å². The van der Waals surface area contributed by atoms with Gasteiger partial charge in [0.25, 0.3) is 5.91 Å². The number of sulfonamides is 1. The van der Waals surface area contributed by atoms with Crippen molar-refractivity contribution in [2.45, 2.75) is 49.8 Å². The van der Waals surface area contributed by atoms with Gasteiger partial charge in [0.2, 0.25) is 15.9 Å². The van der Waals surface area contributed by atoms with Gasteiger partial charge in [0.1, 0.15) is 0 Å². The third kappa shape index (κ3) is 6.41. The lowest BCUT2D eigenvalue weighted by Gasteiger charge is -2.31. The summed E-state index contributed by atoms with van der Waals surface area (Å²) in [5.74, 6) is -0.508. The normalized spacial score (nSPS) is 17.1. The predicted molar refractivity (Wildman–Crippen MR) is 137 cm³/mol. The third-order valence-corrected chi connectivity index (χ3v) is 8.46. The molecule has 0 unspecified atom stereocenters. The minimum Gasteiger partial charge on any atom is -0.370 e. The second kappa shape index (κ2) is 11.7. The van der Waals surface area contributed by atoms with Crippen LogP contribution in [0.5, 0.6) is 0 Å². The van der Waals surface area contributed by atoms with Crippen molar-refractivity contribution < 1.29 is 18.0 Å². The number of hydrogen-bond donors (Lipinski definition) is 2. The predicted octanol–water partition coefficient (Wildman–Crippen LogP) is 3.61. The van der Waals surface area contributed by atoms with E-state index in [9.17, 15) is 18.0 Å². The highest BCUT2D eigenvalue weighted by Gasteiger charge is 2.27. The molecule has 2 heterocycles. The molecule has 0 atom stereocenters. The van der Waals surface area contributed by atoms with Crippen molar-refractivity contribution in [2.24, 2.45) is 0 Å². The molecular formula is C26H34N4O4S. The lowest BCUT2D eigenvalue weighted by atomic mass is 10.1. The van der Waals surface area contributed by atoms with Crippen molar-refractivity contribution in [2.75, 3.05) is 42.9 Å². The molecule has 0 saturated carbocycles. The Morgan fingerprint density at radius 3 is 2.17 bits per heavy atom. The van der Waals surface area contributed by atoms with Crippen LogP contribution in [0.4, 0.5) is 11.4 Å². The van der Waals surface area contributed by atoms with E-state index in [0.29, 0.717) is 24.3 Å². The number of amides is 2. The van der Waals surface area contributed by atoms with Crippen LogP contribution in [0.25, 0.3) is 0 Å². The number of benzene rings is 2. The van der Waals surface area contributed by atoms with Crippen LogP contribution in [-0.2, 0) is 14.8 Å². The smallest absolute Gasteiger partial charge is 0.251 e. The quantitative estimate of drug-likeness (QED) is 0.579. The van der Waals surface area contributed by atoms with E-state index in [1.807, 2.05) is 12.1 Å². The summed E-state index contributed by atoms with van der Waals surface area (Å²) in [6.45, 7) is 2.98. The maximum Gasteiger partial charge on any atom is 0.251 e. The Bertz CT molecular complexity index is 1130. The minimum absolute atomic E-state index is 0.0844. The molecular weight excluding hydrogens is 464 g/mol. The number of rotatable bonds is 8. The van der Waals surface area contributed by atoms with Crippen LogP contribution in [-0.4, -0.2) is 57.3 Å². The van der Waals surface area contributed by atoms with Crippen molar-refractivity contribution in [1.82, 2.24) is 9.62 Å². The van der Waals surface area contributed by atoms with E-state index in [1.165, 1.54) is 10.7 Å². The number of nitrogens with zero attached hydrogens (tertiary/aromatic N) is 2. The first-order valence-electron chi connectivity index (χ1n) is 12.5. The molecule has 188 valence electrons. The number of nitrogens with one attached hydrogen (secondary N) is 2. The average molecular weight is 499 g/mol. The second-order valence-electron chi connectivity index (χ2n) is 9.11. The fourth-order valence-electron chi connectivity index (χ4n) is 4.63. The lowest BCUT2D eigenvalue weighted by Crippen LogP contribution is -2.36. The molecule has 2 aliphatic rings. The Balaban J connectivity index is 1.47. The van der Waals surface area contributed by atoms with Crippen molar-refractivity contribution >= 4 is 33.2 Å². The molecule has 2 aliphatic heterocycles. The fourth-order valence-corrected chi connectivity index (χ4v) is 6.18. The van der Waals surface area contributed by atoms with Gasteiger partial charge in [0.05, 0.1) is 16.3 Å². The van der Waals surface area contributed by atoms with Crippen LogP contribution in [0.3, 0.4) is 0 Å². The van der Waals surface area contributed by atoms with Crippen molar-refractivity contribution in [3.63, 3.8) is 0 Å². The zero-order valence-electron chi connectivity index (χ0n) is 20.0. The van der Waals surface area contributed by atoms with Gasteiger partial charge in [-0.05, 0) is 62.4 Å². The van der Waals surface area contributed by atoms with Crippen molar-refractivity contribution in [3.05, 3.63) is 54.1 Å². The first-order valence-corrected chi connectivity index (χ1v) is 13.9. The van der Waals surface area contributed by atoms with Crippen LogP contribution in [0.15, 0.2) is 53.4 Å². The molecule has 0 bridgehead atoms. The molecule has 0 radical (unpaired) electrons. The van der Waals surface area contributed by atoms with Gasteiger partial charge in [-0.15, -0.1) is 0 Å². The van der Waals surface area contributed by atoms with E-state index in [4.69, 9.17) is 0 Å². The molecule has 35 heavy (non-hydrogen) atoms. The summed E-state index contributed by atoms with van der Waals surface area (Å²) >= 11 is 0. The van der Waals surface area contributed by atoms with Gasteiger partial charge < -0.3 is 15.5 Å². The number of carbonyl (C=O) groups excluding carboxylic acids is 2. The standard InChI is InChI=1S/C26H34N4O4S/c31-25(14-15-27-26(32)21-10-4-1-5-11-21)28-23-20-22(35(33,34)30-18-8-3-9-19-30)12-13-24(23)29-16-6-2-7-17-29/h1,4-5,10-13,20H,2-3,6-9,14-19H2,(H,27,32)(H,28,31). The number of hydrogen-bond acceptors (Lipinski definition) is 5. The zero-order valence-corrected chi connectivity index (χ0v) is 20.9. The molecule has 2 aromatic carbocycles. The van der Waals surface area contributed by atoms with Gasteiger partial charge in [0, 0.05) is 44.7 Å². The van der Waals surface area contributed by atoms with E-state index >= 15 is 0 Å². The summed E-state index contributed by atoms with van der Waals surface area (Å²) in [6.07, 6.45) is 6.15. The Hall–Kier alpha value is -2.91. The largest absolute Gasteiger partial charge is 0.370 e. The summed E-state index contributed by atoms with van der Waals surface area (Å²) < 4.78 is 28.0. The topological polar surface area (TPSA) is 98.8 Å². The minimum atomic E-state index is -3.62. The molecule has 2 N–H and O–H groups in total. The van der Waals surface area contributed by atoms with Crippen LogP contribution >= 0.6 is 0 Å². The maximum absolute atomic E-state index is 13.2. The Morgan fingerprint density at radius 1 is 0.829 bits per heavy atom. The summed E-state index contributed by atoms with van der Waals surface area (Å²) in [5.41, 5.74) is 1.88.